The third-order valence-electron chi connectivity index (χ3n) is 3.66. The molecule has 0 saturated carbocycles. The van der Waals surface area contributed by atoms with E-state index in [1.54, 1.807) is 6.07 Å². The molecule has 0 radical (unpaired) electrons. The normalized spacial score (nSPS) is 11.8. The summed E-state index contributed by atoms with van der Waals surface area (Å²) in [6.07, 6.45) is 0. The second-order valence-corrected chi connectivity index (χ2v) is 6.31. The van der Waals surface area contributed by atoms with Gasteiger partial charge in [-0.15, -0.1) is 0 Å². The van der Waals surface area contributed by atoms with E-state index in [0.29, 0.717) is 18.2 Å². The Kier molecular flexibility index (Phi) is 6.64. The zero-order valence-corrected chi connectivity index (χ0v) is 15.1. The molecule has 0 aromatic heterocycles. The number of amides is 1. The highest BCUT2D eigenvalue weighted by molar-refractivity contribution is 6.31. The Bertz CT molecular complexity index is 686. The molecule has 2 aromatic carbocycles. The van der Waals surface area contributed by atoms with Crippen LogP contribution in [0.1, 0.15) is 18.1 Å². The van der Waals surface area contributed by atoms with E-state index in [4.69, 9.17) is 16.3 Å². The fraction of sp³-hybridized carbons (Fsp3) is 0.316. The van der Waals surface area contributed by atoms with Crippen LogP contribution in [0.4, 0.5) is 5.69 Å². The molecule has 2 aromatic rings. The van der Waals surface area contributed by atoms with Gasteiger partial charge >= 0.3 is 0 Å². The number of nitrogens with one attached hydrogen (secondary N) is 2. The first kappa shape index (κ1) is 18.3. The maximum atomic E-state index is 12.2. The van der Waals surface area contributed by atoms with Crippen LogP contribution < -0.4 is 15.0 Å². The van der Waals surface area contributed by atoms with Crippen LogP contribution in [-0.4, -0.2) is 26.1 Å². The average molecular weight is 348 g/mol. The molecule has 0 spiro atoms. The number of anilines is 1. The van der Waals surface area contributed by atoms with E-state index in [1.165, 1.54) is 5.56 Å². The van der Waals surface area contributed by atoms with Crippen molar-refractivity contribution in [1.29, 1.82) is 0 Å². The monoisotopic (exact) mass is 347 g/mol. The minimum atomic E-state index is -0.0293. The number of rotatable bonds is 7. The van der Waals surface area contributed by atoms with Gasteiger partial charge in [-0.2, -0.15) is 0 Å². The van der Waals surface area contributed by atoms with Crippen molar-refractivity contribution >= 4 is 23.2 Å². The molecule has 1 unspecified atom stereocenters. The minimum Gasteiger partial charge on any atom is -0.494 e. The van der Waals surface area contributed by atoms with Crippen molar-refractivity contribution < 1.29 is 14.4 Å². The van der Waals surface area contributed by atoms with E-state index in [1.807, 2.05) is 57.3 Å². The summed E-state index contributed by atoms with van der Waals surface area (Å²) in [6.45, 7) is 5.72. The molecule has 2 N–H and O–H groups in total. The van der Waals surface area contributed by atoms with Gasteiger partial charge in [-0.3, -0.25) is 4.79 Å². The summed E-state index contributed by atoms with van der Waals surface area (Å²) in [4.78, 5) is 13.3. The van der Waals surface area contributed by atoms with Gasteiger partial charge in [0.1, 0.15) is 12.3 Å². The van der Waals surface area contributed by atoms with Gasteiger partial charge in [-0.05, 0) is 55.8 Å². The Hall–Kier alpha value is -2.04. The van der Waals surface area contributed by atoms with Gasteiger partial charge in [0, 0.05) is 16.3 Å². The molecular formula is C19H24ClN2O2+. The van der Waals surface area contributed by atoms with E-state index >= 15 is 0 Å². The third-order valence-corrected chi connectivity index (χ3v) is 4.07. The number of quaternary nitrogens is 1. The van der Waals surface area contributed by atoms with Gasteiger partial charge in [0.15, 0.2) is 6.54 Å². The van der Waals surface area contributed by atoms with E-state index in [9.17, 15) is 4.79 Å². The topological polar surface area (TPSA) is 42.8 Å². The predicted octanol–water partition coefficient (Wildman–Crippen LogP) is 2.70. The van der Waals surface area contributed by atoms with Gasteiger partial charge in [0.2, 0.25) is 0 Å². The summed E-state index contributed by atoms with van der Waals surface area (Å²) in [5.74, 6) is 0.839. The minimum absolute atomic E-state index is 0.0293. The molecule has 0 aliphatic rings. The number of halogens is 1. The van der Waals surface area contributed by atoms with Crippen LogP contribution in [0.15, 0.2) is 42.5 Å². The lowest BCUT2D eigenvalue weighted by molar-refractivity contribution is -0.885. The summed E-state index contributed by atoms with van der Waals surface area (Å²) in [5, 5.41) is 3.54. The van der Waals surface area contributed by atoms with Gasteiger partial charge in [-0.1, -0.05) is 17.7 Å². The van der Waals surface area contributed by atoms with Crippen LogP contribution in [0.2, 0.25) is 5.02 Å². The first-order valence-corrected chi connectivity index (χ1v) is 8.44. The molecule has 128 valence electrons. The van der Waals surface area contributed by atoms with Crippen LogP contribution >= 0.6 is 11.6 Å². The maximum absolute atomic E-state index is 12.2. The summed E-state index contributed by atoms with van der Waals surface area (Å²) in [7, 11) is 2.00. The number of benzene rings is 2. The van der Waals surface area contributed by atoms with E-state index < -0.39 is 0 Å². The van der Waals surface area contributed by atoms with Crippen molar-refractivity contribution in [3.63, 3.8) is 0 Å². The molecule has 24 heavy (non-hydrogen) atoms. The largest absolute Gasteiger partial charge is 0.494 e. The molecule has 4 nitrogen and oxygen atoms in total. The van der Waals surface area contributed by atoms with Crippen molar-refractivity contribution in [3.8, 4) is 5.75 Å². The zero-order valence-electron chi connectivity index (χ0n) is 14.4. The summed E-state index contributed by atoms with van der Waals surface area (Å²) in [5.41, 5.74) is 2.89. The quantitative estimate of drug-likeness (QED) is 0.808. The molecule has 5 heteroatoms. The maximum Gasteiger partial charge on any atom is 0.279 e. The Morgan fingerprint density at radius 3 is 2.54 bits per heavy atom. The van der Waals surface area contributed by atoms with E-state index in [2.05, 4.69) is 5.32 Å². The standard InChI is InChI=1S/C19H23ClN2O2/c1-4-24-17-9-6-15(7-10-17)12-22(3)13-19(23)21-16-8-5-14(2)18(20)11-16/h5-11H,4,12-13H2,1-3H3,(H,21,23)/p+1. The Balaban J connectivity index is 1.85. The Morgan fingerprint density at radius 2 is 1.92 bits per heavy atom. The van der Waals surface area contributed by atoms with Crippen LogP contribution in [0.5, 0.6) is 5.75 Å². The molecule has 0 fully saturated rings. The first-order valence-electron chi connectivity index (χ1n) is 8.07. The molecule has 0 aliphatic heterocycles. The fourth-order valence-electron chi connectivity index (χ4n) is 2.43. The molecule has 2 rings (SSSR count). The molecule has 0 saturated heterocycles. The van der Waals surface area contributed by atoms with Crippen LogP contribution in [0, 0.1) is 6.92 Å². The van der Waals surface area contributed by atoms with Crippen molar-refractivity contribution in [3.05, 3.63) is 58.6 Å². The van der Waals surface area contributed by atoms with Gasteiger partial charge < -0.3 is 15.0 Å². The summed E-state index contributed by atoms with van der Waals surface area (Å²) >= 11 is 6.08. The van der Waals surface area contributed by atoms with Gasteiger partial charge in [0.25, 0.3) is 5.91 Å². The number of aryl methyl sites for hydroxylation is 1. The lowest BCUT2D eigenvalue weighted by Crippen LogP contribution is -3.08. The average Bonchev–Trinajstić information content (AvgIpc) is 2.53. The SMILES string of the molecule is CCOc1ccc(C[NH+](C)CC(=O)Nc2ccc(C)c(Cl)c2)cc1. The molecule has 0 bridgehead atoms. The van der Waals surface area contributed by atoms with Crippen LogP contribution in [-0.2, 0) is 11.3 Å². The summed E-state index contributed by atoms with van der Waals surface area (Å²) < 4.78 is 5.43. The lowest BCUT2D eigenvalue weighted by atomic mass is 10.2. The highest BCUT2D eigenvalue weighted by Gasteiger charge is 2.11. The van der Waals surface area contributed by atoms with E-state index in [0.717, 1.165) is 28.4 Å². The van der Waals surface area contributed by atoms with Crippen molar-refractivity contribution in [2.24, 2.45) is 0 Å². The molecule has 0 aliphatic carbocycles. The number of ether oxygens (including phenoxy) is 1. The second kappa shape index (κ2) is 8.71. The predicted molar refractivity (Wildman–Crippen MR) is 97.9 cm³/mol. The number of hydrogen-bond acceptors (Lipinski definition) is 2. The van der Waals surface area contributed by atoms with Crippen LogP contribution in [0.25, 0.3) is 0 Å². The molecular weight excluding hydrogens is 324 g/mol. The van der Waals surface area contributed by atoms with E-state index in [-0.39, 0.29) is 5.91 Å². The number of carbonyl (C=O) groups is 1. The van der Waals surface area contributed by atoms with Crippen molar-refractivity contribution in [1.82, 2.24) is 0 Å². The first-order chi connectivity index (χ1) is 11.5. The van der Waals surface area contributed by atoms with Gasteiger partial charge in [-0.25, -0.2) is 0 Å². The fourth-order valence-corrected chi connectivity index (χ4v) is 2.61. The van der Waals surface area contributed by atoms with Crippen LogP contribution in [0.3, 0.4) is 0 Å². The highest BCUT2D eigenvalue weighted by atomic mass is 35.5. The zero-order chi connectivity index (χ0) is 17.5. The number of hydrogen-bond donors (Lipinski definition) is 2. The van der Waals surface area contributed by atoms with Crippen molar-refractivity contribution in [2.75, 3.05) is 25.5 Å². The molecule has 1 amide bonds. The van der Waals surface area contributed by atoms with Gasteiger partial charge in [0.05, 0.1) is 13.7 Å². The lowest BCUT2D eigenvalue weighted by Gasteiger charge is -2.14. The Labute approximate surface area is 148 Å². The van der Waals surface area contributed by atoms with Crippen molar-refractivity contribution in [2.45, 2.75) is 20.4 Å². The number of likely N-dealkylation sites (N-methyl/N-ethyl adjacent to an activating group) is 1. The Morgan fingerprint density at radius 1 is 1.21 bits per heavy atom. The highest BCUT2D eigenvalue weighted by Crippen LogP contribution is 2.19. The smallest absolute Gasteiger partial charge is 0.279 e. The molecule has 0 heterocycles. The summed E-state index contributed by atoms with van der Waals surface area (Å²) in [6, 6.07) is 13.5. The second-order valence-electron chi connectivity index (χ2n) is 5.90. The molecule has 1 atom stereocenters. The third kappa shape index (κ3) is 5.55. The number of carbonyl (C=O) groups excluding carboxylic acids is 1.